The summed E-state index contributed by atoms with van der Waals surface area (Å²) >= 11 is 0. The average Bonchev–Trinajstić information content (AvgIpc) is 2.63. The number of nitrogens with zero attached hydrogens (tertiary/aromatic N) is 3. The topological polar surface area (TPSA) is 218 Å². The van der Waals surface area contributed by atoms with Crippen LogP contribution in [0, 0.1) is 0 Å². The first-order valence-electron chi connectivity index (χ1n) is 8.94. The molecule has 0 unspecified atom stereocenters. The van der Waals surface area contributed by atoms with Crippen LogP contribution in [0.4, 0.5) is 17.6 Å². The number of hydrogen-bond acceptors (Lipinski definition) is 11. The summed E-state index contributed by atoms with van der Waals surface area (Å²) in [6.07, 6.45) is 1.65. The van der Waals surface area contributed by atoms with E-state index < -0.39 is 36.0 Å². The first kappa shape index (κ1) is 25.8. The van der Waals surface area contributed by atoms with Gasteiger partial charge in [-0.25, -0.2) is 13.1 Å². The highest BCUT2D eigenvalue weighted by Crippen LogP contribution is 2.18. The van der Waals surface area contributed by atoms with E-state index in [0.29, 0.717) is 12.1 Å². The molecule has 1 aromatic carbocycles. The van der Waals surface area contributed by atoms with Gasteiger partial charge in [0.2, 0.25) is 21.9 Å². The van der Waals surface area contributed by atoms with E-state index in [1.54, 1.807) is 0 Å². The fraction of sp³-hybridized carbons (Fsp3) is 0.400. The molecule has 17 heteroatoms. The number of hydrogen-bond donors (Lipinski definition) is 5. The highest BCUT2D eigenvalue weighted by Gasteiger charge is 2.12. The molecule has 0 aliphatic rings. The Kier molecular flexibility index (Phi) is 8.43. The van der Waals surface area contributed by atoms with E-state index in [-0.39, 0.29) is 42.1 Å². The molecular formula is C15H22N6O8S3. The zero-order chi connectivity index (χ0) is 24.0. The molecule has 0 spiro atoms. The van der Waals surface area contributed by atoms with E-state index in [1.807, 2.05) is 0 Å². The van der Waals surface area contributed by atoms with Crippen LogP contribution in [0.3, 0.4) is 0 Å². The predicted octanol–water partition coefficient (Wildman–Crippen LogP) is -0.357. The highest BCUT2D eigenvalue weighted by atomic mass is 32.2. The minimum Gasteiger partial charge on any atom is -0.353 e. The van der Waals surface area contributed by atoms with Crippen molar-refractivity contribution in [2.75, 3.05) is 35.7 Å². The van der Waals surface area contributed by atoms with E-state index in [4.69, 9.17) is 9.11 Å². The van der Waals surface area contributed by atoms with Crippen LogP contribution in [0.5, 0.6) is 0 Å². The number of aryl methyl sites for hydroxylation is 1. The molecular weight excluding hydrogens is 488 g/mol. The van der Waals surface area contributed by atoms with Crippen LogP contribution < -0.4 is 15.4 Å². The molecule has 1 heterocycles. The summed E-state index contributed by atoms with van der Waals surface area (Å²) < 4.78 is 86.6. The molecule has 0 fully saturated rings. The molecule has 1 aromatic heterocycles. The van der Waals surface area contributed by atoms with Gasteiger partial charge in [-0.2, -0.15) is 31.8 Å². The molecule has 0 saturated carbocycles. The predicted molar refractivity (Wildman–Crippen MR) is 115 cm³/mol. The fourth-order valence-electron chi connectivity index (χ4n) is 2.30. The third kappa shape index (κ3) is 9.79. The third-order valence-corrected chi connectivity index (χ3v) is 5.99. The zero-order valence-corrected chi connectivity index (χ0v) is 19.2. The van der Waals surface area contributed by atoms with Gasteiger partial charge >= 0.3 is 0 Å². The van der Waals surface area contributed by atoms with Gasteiger partial charge < -0.3 is 10.6 Å². The normalized spacial score (nSPS) is 12.5. The summed E-state index contributed by atoms with van der Waals surface area (Å²) in [6.45, 7) is -0.0314. The van der Waals surface area contributed by atoms with Gasteiger partial charge in [0, 0.05) is 25.2 Å². The Morgan fingerprint density at radius 2 is 1.50 bits per heavy atom. The van der Waals surface area contributed by atoms with Crippen LogP contribution in [0.25, 0.3) is 0 Å². The van der Waals surface area contributed by atoms with E-state index in [2.05, 4.69) is 30.3 Å². The van der Waals surface area contributed by atoms with Crippen LogP contribution >= 0.6 is 0 Å². The summed E-state index contributed by atoms with van der Waals surface area (Å²) in [5.74, 6) is -0.264. The lowest BCUT2D eigenvalue weighted by atomic mass is 10.3. The smallest absolute Gasteiger partial charge is 0.294 e. The van der Waals surface area contributed by atoms with Crippen molar-refractivity contribution >= 4 is 47.8 Å². The molecule has 0 amide bonds. The van der Waals surface area contributed by atoms with Crippen LogP contribution in [0.15, 0.2) is 29.2 Å². The maximum absolute atomic E-state index is 11.1. The zero-order valence-electron chi connectivity index (χ0n) is 16.8. The minimum absolute atomic E-state index is 0.00628. The number of benzene rings is 1. The third-order valence-electron chi connectivity index (χ3n) is 3.67. The number of sulfonamides is 1. The number of aromatic nitrogens is 3. The number of rotatable bonds is 12. The van der Waals surface area contributed by atoms with Crippen molar-refractivity contribution in [1.29, 1.82) is 0 Å². The average molecular weight is 511 g/mol. The van der Waals surface area contributed by atoms with Crippen molar-refractivity contribution in [3.63, 3.8) is 0 Å². The van der Waals surface area contributed by atoms with Gasteiger partial charge in [-0.1, -0.05) is 0 Å². The van der Waals surface area contributed by atoms with Gasteiger partial charge in [-0.05, 0) is 30.7 Å². The van der Waals surface area contributed by atoms with Crippen LogP contribution in [0.2, 0.25) is 0 Å². The second-order valence-corrected chi connectivity index (χ2v) is 11.3. The molecule has 0 bridgehead atoms. The fourth-order valence-corrected chi connectivity index (χ4v) is 3.66. The van der Waals surface area contributed by atoms with Crippen molar-refractivity contribution in [1.82, 2.24) is 19.7 Å². The number of anilines is 3. The Labute approximate surface area is 185 Å². The Hall–Kier alpha value is -2.44. The molecule has 0 aliphatic heterocycles. The quantitative estimate of drug-likeness (QED) is 0.182. The Morgan fingerprint density at radius 3 is 2.06 bits per heavy atom. The van der Waals surface area contributed by atoms with Gasteiger partial charge in [0.1, 0.15) is 5.82 Å². The molecule has 0 atom stereocenters. The van der Waals surface area contributed by atoms with Crippen molar-refractivity contribution in [2.45, 2.75) is 17.7 Å². The Balaban J connectivity index is 2.18. The maximum atomic E-state index is 11.1. The first-order valence-corrected chi connectivity index (χ1v) is 13.9. The lowest BCUT2D eigenvalue weighted by Gasteiger charge is -2.10. The monoisotopic (exact) mass is 510 g/mol. The Bertz CT molecular complexity index is 1250. The van der Waals surface area contributed by atoms with Gasteiger partial charge in [-0.15, -0.1) is 0 Å². The molecule has 178 valence electrons. The van der Waals surface area contributed by atoms with E-state index in [1.165, 1.54) is 24.3 Å². The molecule has 2 aromatic rings. The molecule has 14 nitrogen and oxygen atoms in total. The van der Waals surface area contributed by atoms with Crippen molar-refractivity contribution in [3.8, 4) is 0 Å². The summed E-state index contributed by atoms with van der Waals surface area (Å²) in [4.78, 5) is 12.1. The van der Waals surface area contributed by atoms with Gasteiger partial charge in [0.05, 0.1) is 16.9 Å². The van der Waals surface area contributed by atoms with Crippen molar-refractivity contribution in [2.24, 2.45) is 0 Å². The molecule has 5 N–H and O–H groups in total. The van der Waals surface area contributed by atoms with Crippen LogP contribution in [-0.4, -0.2) is 74.4 Å². The summed E-state index contributed by atoms with van der Waals surface area (Å²) in [5, 5.41) is 5.47. The SMILES string of the molecule is CS(=O)(=O)NCCCc1nc(NCCS(=O)(=O)O)nc(Nc2ccc(S(=O)(=O)O)cc2)n1. The summed E-state index contributed by atoms with van der Waals surface area (Å²) in [6, 6.07) is 5.08. The second-order valence-electron chi connectivity index (χ2n) is 6.51. The largest absolute Gasteiger partial charge is 0.353 e. The second kappa shape index (κ2) is 10.5. The van der Waals surface area contributed by atoms with Gasteiger partial charge in [-0.3, -0.25) is 9.11 Å². The van der Waals surface area contributed by atoms with E-state index >= 15 is 0 Å². The van der Waals surface area contributed by atoms with Gasteiger partial charge in [0.15, 0.2) is 0 Å². The highest BCUT2D eigenvalue weighted by molar-refractivity contribution is 7.88. The Morgan fingerprint density at radius 1 is 0.875 bits per heavy atom. The number of nitrogens with one attached hydrogen (secondary N) is 3. The lowest BCUT2D eigenvalue weighted by Crippen LogP contribution is -2.23. The van der Waals surface area contributed by atoms with E-state index in [9.17, 15) is 25.3 Å². The standard InChI is InChI=1S/C15H22N6O8S3/c1-30(22,23)17-8-2-3-13-19-14(16-9-10-31(24,25)26)21-15(20-13)18-11-4-6-12(7-5-11)32(27,28)29/h4-7,17H,2-3,8-10H2,1H3,(H,24,25,26)(H,27,28,29)(H2,16,18,19,20,21). The van der Waals surface area contributed by atoms with Crippen molar-refractivity contribution < 1.29 is 34.4 Å². The first-order chi connectivity index (χ1) is 14.7. The molecule has 0 radical (unpaired) electrons. The lowest BCUT2D eigenvalue weighted by molar-refractivity contribution is 0.481. The summed E-state index contributed by atoms with van der Waals surface area (Å²) in [5.41, 5.74) is 0.386. The summed E-state index contributed by atoms with van der Waals surface area (Å²) in [7, 11) is -11.9. The molecule has 2 rings (SSSR count). The molecule has 0 saturated heterocycles. The maximum Gasteiger partial charge on any atom is 0.294 e. The molecule has 0 aliphatic carbocycles. The van der Waals surface area contributed by atoms with Crippen LogP contribution in [-0.2, 0) is 36.7 Å². The molecule has 32 heavy (non-hydrogen) atoms. The van der Waals surface area contributed by atoms with E-state index in [0.717, 1.165) is 6.26 Å². The van der Waals surface area contributed by atoms with Crippen molar-refractivity contribution in [3.05, 3.63) is 30.1 Å². The minimum atomic E-state index is -4.35. The van der Waals surface area contributed by atoms with Crippen LogP contribution in [0.1, 0.15) is 12.2 Å². The van der Waals surface area contributed by atoms with Gasteiger partial charge in [0.25, 0.3) is 20.2 Å².